The zero-order valence-corrected chi connectivity index (χ0v) is 18.0. The molecule has 1 aliphatic carbocycles. The zero-order valence-electron chi connectivity index (χ0n) is 18.0. The zero-order chi connectivity index (χ0) is 23.6. The Kier molecular flexibility index (Phi) is 6.42. The molecule has 0 saturated heterocycles. The van der Waals surface area contributed by atoms with Crippen molar-refractivity contribution >= 4 is 5.91 Å². The van der Waals surface area contributed by atoms with E-state index >= 15 is 0 Å². The number of hydrogen-bond donors (Lipinski definition) is 2. The van der Waals surface area contributed by atoms with Gasteiger partial charge in [-0.3, -0.25) is 4.79 Å². The lowest BCUT2D eigenvalue weighted by Crippen LogP contribution is -2.35. The van der Waals surface area contributed by atoms with Crippen LogP contribution in [-0.4, -0.2) is 40.0 Å². The number of aryl methyl sites for hydroxylation is 1. The van der Waals surface area contributed by atoms with Crippen LogP contribution in [0.15, 0.2) is 48.5 Å². The highest BCUT2D eigenvalue weighted by Gasteiger charge is 2.30. The number of nitrogens with one attached hydrogen (secondary N) is 1. The SMILES string of the molecule is Cc1ccccc1-n1nc(C(=O)NCC(O)COc2ccc(C(F)(F)F)cc2)c2c1CCC2. The second-order valence-electron chi connectivity index (χ2n) is 8.02. The van der Waals surface area contributed by atoms with Crippen molar-refractivity contribution in [3.8, 4) is 11.4 Å². The third-order valence-corrected chi connectivity index (χ3v) is 5.61. The monoisotopic (exact) mass is 459 g/mol. The summed E-state index contributed by atoms with van der Waals surface area (Å²) in [5, 5.41) is 17.4. The van der Waals surface area contributed by atoms with Crippen molar-refractivity contribution in [1.82, 2.24) is 15.1 Å². The van der Waals surface area contributed by atoms with E-state index in [0.29, 0.717) is 5.69 Å². The number of ether oxygens (including phenoxy) is 1. The number of aliphatic hydroxyl groups excluding tert-OH is 1. The number of alkyl halides is 3. The maximum Gasteiger partial charge on any atom is 0.416 e. The van der Waals surface area contributed by atoms with E-state index < -0.39 is 17.8 Å². The molecule has 1 unspecified atom stereocenters. The molecular formula is C24H24F3N3O3. The molecule has 0 bridgehead atoms. The van der Waals surface area contributed by atoms with Crippen LogP contribution in [0.5, 0.6) is 5.75 Å². The minimum absolute atomic E-state index is 0.0779. The van der Waals surface area contributed by atoms with Gasteiger partial charge in [-0.25, -0.2) is 4.68 Å². The lowest BCUT2D eigenvalue weighted by atomic mass is 10.1. The number of carbonyl (C=O) groups excluding carboxylic acids is 1. The average molecular weight is 459 g/mol. The molecule has 9 heteroatoms. The van der Waals surface area contributed by atoms with E-state index in [0.717, 1.165) is 53.9 Å². The number of para-hydroxylation sites is 1. The molecular weight excluding hydrogens is 435 g/mol. The van der Waals surface area contributed by atoms with E-state index in [1.807, 2.05) is 35.9 Å². The van der Waals surface area contributed by atoms with Crippen molar-refractivity contribution in [2.75, 3.05) is 13.2 Å². The molecule has 0 fully saturated rings. The predicted octanol–water partition coefficient (Wildman–Crippen LogP) is 3.86. The molecule has 2 N–H and O–H groups in total. The summed E-state index contributed by atoms with van der Waals surface area (Å²) in [6.45, 7) is 1.73. The Bertz CT molecular complexity index is 1140. The van der Waals surface area contributed by atoms with E-state index in [9.17, 15) is 23.1 Å². The van der Waals surface area contributed by atoms with Crippen LogP contribution < -0.4 is 10.1 Å². The fraction of sp³-hybridized carbons (Fsp3) is 0.333. The third kappa shape index (κ3) is 5.03. The maximum atomic E-state index is 12.8. The maximum absolute atomic E-state index is 12.8. The molecule has 3 aromatic rings. The van der Waals surface area contributed by atoms with Gasteiger partial charge in [-0.1, -0.05) is 18.2 Å². The van der Waals surface area contributed by atoms with Crippen molar-refractivity contribution in [1.29, 1.82) is 0 Å². The van der Waals surface area contributed by atoms with Crippen molar-refractivity contribution < 1.29 is 27.8 Å². The fourth-order valence-electron chi connectivity index (χ4n) is 3.91. The van der Waals surface area contributed by atoms with Gasteiger partial charge >= 0.3 is 6.18 Å². The molecule has 0 spiro atoms. The number of rotatable bonds is 7. The van der Waals surface area contributed by atoms with Crippen molar-refractivity contribution in [3.05, 3.63) is 76.6 Å². The van der Waals surface area contributed by atoms with Gasteiger partial charge in [-0.15, -0.1) is 0 Å². The second kappa shape index (κ2) is 9.27. The highest BCUT2D eigenvalue weighted by molar-refractivity contribution is 5.94. The molecule has 1 atom stereocenters. The number of aliphatic hydroxyl groups is 1. The lowest BCUT2D eigenvalue weighted by Gasteiger charge is -2.14. The Morgan fingerprint density at radius 1 is 1.18 bits per heavy atom. The molecule has 1 heterocycles. The molecule has 4 rings (SSSR count). The predicted molar refractivity (Wildman–Crippen MR) is 116 cm³/mol. The van der Waals surface area contributed by atoms with Gasteiger partial charge in [0.1, 0.15) is 18.5 Å². The van der Waals surface area contributed by atoms with Crippen LogP contribution in [0.3, 0.4) is 0 Å². The molecule has 1 aromatic heterocycles. The summed E-state index contributed by atoms with van der Waals surface area (Å²) in [6, 6.07) is 12.0. The summed E-state index contributed by atoms with van der Waals surface area (Å²) in [6.07, 6.45) is -2.91. The number of amides is 1. The van der Waals surface area contributed by atoms with Crippen LogP contribution in [-0.2, 0) is 19.0 Å². The van der Waals surface area contributed by atoms with Crippen molar-refractivity contribution in [2.45, 2.75) is 38.5 Å². The molecule has 0 radical (unpaired) electrons. The van der Waals surface area contributed by atoms with E-state index in [1.165, 1.54) is 12.1 Å². The minimum Gasteiger partial charge on any atom is -0.491 e. The largest absolute Gasteiger partial charge is 0.491 e. The Morgan fingerprint density at radius 2 is 1.91 bits per heavy atom. The number of carbonyl (C=O) groups is 1. The van der Waals surface area contributed by atoms with Crippen LogP contribution in [0.2, 0.25) is 0 Å². The van der Waals surface area contributed by atoms with Gasteiger partial charge in [0.05, 0.1) is 11.3 Å². The average Bonchev–Trinajstić information content (AvgIpc) is 3.39. The van der Waals surface area contributed by atoms with Gasteiger partial charge in [0.15, 0.2) is 5.69 Å². The molecule has 0 aliphatic heterocycles. The first-order valence-corrected chi connectivity index (χ1v) is 10.7. The Hall–Kier alpha value is -3.33. The molecule has 6 nitrogen and oxygen atoms in total. The third-order valence-electron chi connectivity index (χ3n) is 5.61. The second-order valence-corrected chi connectivity index (χ2v) is 8.02. The van der Waals surface area contributed by atoms with E-state index in [-0.39, 0.29) is 24.8 Å². The quantitative estimate of drug-likeness (QED) is 0.563. The highest BCUT2D eigenvalue weighted by Crippen LogP contribution is 2.30. The molecule has 2 aromatic carbocycles. The fourth-order valence-corrected chi connectivity index (χ4v) is 3.91. The Balaban J connectivity index is 1.36. The summed E-state index contributed by atoms with van der Waals surface area (Å²) in [5.41, 5.74) is 3.51. The first-order valence-electron chi connectivity index (χ1n) is 10.7. The van der Waals surface area contributed by atoms with Crippen molar-refractivity contribution in [2.24, 2.45) is 0 Å². The number of hydrogen-bond acceptors (Lipinski definition) is 4. The number of halogens is 3. The van der Waals surface area contributed by atoms with Gasteiger partial charge in [-0.05, 0) is 62.1 Å². The Labute approximate surface area is 189 Å². The van der Waals surface area contributed by atoms with Crippen molar-refractivity contribution in [3.63, 3.8) is 0 Å². The number of benzene rings is 2. The summed E-state index contributed by atoms with van der Waals surface area (Å²) >= 11 is 0. The molecule has 1 aliphatic rings. The lowest BCUT2D eigenvalue weighted by molar-refractivity contribution is -0.137. The first-order chi connectivity index (χ1) is 15.7. The highest BCUT2D eigenvalue weighted by atomic mass is 19.4. The van der Waals surface area contributed by atoms with E-state index in [1.54, 1.807) is 0 Å². The van der Waals surface area contributed by atoms with Gasteiger partial charge < -0.3 is 15.2 Å². The Morgan fingerprint density at radius 3 is 2.61 bits per heavy atom. The standard InChI is InChI=1S/C24H24F3N3O3/c1-15-5-2-3-7-20(15)30-21-8-4-6-19(21)22(29-30)23(32)28-13-17(31)14-33-18-11-9-16(10-12-18)24(25,26)27/h2-3,5,7,9-12,17,31H,4,6,8,13-14H2,1H3,(H,28,32). The minimum atomic E-state index is -4.42. The summed E-state index contributed by atoms with van der Waals surface area (Å²) in [7, 11) is 0. The van der Waals surface area contributed by atoms with Gasteiger partial charge in [0.2, 0.25) is 0 Å². The van der Waals surface area contributed by atoms with Crippen LogP contribution in [0.4, 0.5) is 13.2 Å². The van der Waals surface area contributed by atoms with Crippen LogP contribution in [0.1, 0.15) is 39.3 Å². The van der Waals surface area contributed by atoms with E-state index in [2.05, 4.69) is 10.4 Å². The molecule has 174 valence electrons. The van der Waals surface area contributed by atoms with Crippen LogP contribution in [0.25, 0.3) is 5.69 Å². The summed E-state index contributed by atoms with van der Waals surface area (Å²) in [4.78, 5) is 12.8. The number of fused-ring (bicyclic) bond motifs is 1. The van der Waals surface area contributed by atoms with Gasteiger partial charge in [0.25, 0.3) is 5.91 Å². The topological polar surface area (TPSA) is 76.4 Å². The van der Waals surface area contributed by atoms with Gasteiger partial charge in [-0.2, -0.15) is 18.3 Å². The summed E-state index contributed by atoms with van der Waals surface area (Å²) < 4.78 is 45.0. The molecule has 0 saturated carbocycles. The van der Waals surface area contributed by atoms with E-state index in [4.69, 9.17) is 4.74 Å². The molecule has 33 heavy (non-hydrogen) atoms. The normalized spacial score (nSPS) is 14.1. The number of aromatic nitrogens is 2. The first kappa shape index (κ1) is 22.8. The van der Waals surface area contributed by atoms with Crippen LogP contribution in [0, 0.1) is 6.92 Å². The molecule has 1 amide bonds. The number of nitrogens with zero attached hydrogens (tertiary/aromatic N) is 2. The van der Waals surface area contributed by atoms with Crippen LogP contribution >= 0.6 is 0 Å². The smallest absolute Gasteiger partial charge is 0.416 e. The van der Waals surface area contributed by atoms with Gasteiger partial charge in [0, 0.05) is 17.8 Å². The summed E-state index contributed by atoms with van der Waals surface area (Å²) in [5.74, 6) is -0.183.